The molecule has 1 aromatic heterocycles. The first-order valence-corrected chi connectivity index (χ1v) is 8.80. The highest BCUT2D eigenvalue weighted by Crippen LogP contribution is 2.34. The van der Waals surface area contributed by atoms with Crippen molar-refractivity contribution in [2.24, 2.45) is 5.10 Å². The summed E-state index contributed by atoms with van der Waals surface area (Å²) in [4.78, 5) is 14.8. The maximum atomic E-state index is 12.5. The van der Waals surface area contributed by atoms with Crippen molar-refractivity contribution in [2.45, 2.75) is 6.18 Å². The van der Waals surface area contributed by atoms with Gasteiger partial charge in [0.1, 0.15) is 11.6 Å². The minimum Gasteiger partial charge on any atom is -0.480 e. The van der Waals surface area contributed by atoms with E-state index in [1.807, 2.05) is 0 Å². The van der Waals surface area contributed by atoms with Crippen LogP contribution in [-0.2, 0) is 15.7 Å². The highest BCUT2D eigenvalue weighted by molar-refractivity contribution is 9.11. The van der Waals surface area contributed by atoms with Gasteiger partial charge in [-0.1, -0.05) is 0 Å². The summed E-state index contributed by atoms with van der Waals surface area (Å²) in [6, 6.07) is 5.45. The molecule has 144 valence electrons. The zero-order valence-corrected chi connectivity index (χ0v) is 16.9. The molecular weight excluding hydrogens is 499 g/mol. The van der Waals surface area contributed by atoms with Crippen LogP contribution in [0.3, 0.4) is 0 Å². The van der Waals surface area contributed by atoms with Gasteiger partial charge in [-0.25, -0.2) is 9.78 Å². The number of ether oxygens (including phenoxy) is 2. The van der Waals surface area contributed by atoms with Crippen LogP contribution in [-0.4, -0.2) is 30.9 Å². The lowest BCUT2D eigenvalue weighted by atomic mass is 10.2. The van der Waals surface area contributed by atoms with Crippen molar-refractivity contribution in [3.63, 3.8) is 0 Å². The Labute approximate surface area is 169 Å². The van der Waals surface area contributed by atoms with Crippen LogP contribution in [0, 0.1) is 0 Å². The fourth-order valence-electron chi connectivity index (χ4n) is 1.78. The highest BCUT2D eigenvalue weighted by Gasteiger charge is 2.30. The van der Waals surface area contributed by atoms with Crippen LogP contribution in [0.25, 0.3) is 0 Å². The molecular formula is C16H12Br2F3N3O3. The van der Waals surface area contributed by atoms with Gasteiger partial charge in [0, 0.05) is 6.20 Å². The number of hydrazone groups is 1. The first kappa shape index (κ1) is 21.2. The molecule has 0 amide bonds. The monoisotopic (exact) mass is 509 g/mol. The topological polar surface area (TPSA) is 72.8 Å². The molecule has 0 radical (unpaired) electrons. The molecule has 0 fully saturated rings. The van der Waals surface area contributed by atoms with Crippen molar-refractivity contribution in [2.75, 3.05) is 19.1 Å². The smallest absolute Gasteiger partial charge is 0.417 e. The summed E-state index contributed by atoms with van der Waals surface area (Å²) in [7, 11) is 1.26. The zero-order chi connectivity index (χ0) is 20.0. The number of pyridine rings is 1. The predicted molar refractivity (Wildman–Crippen MR) is 99.8 cm³/mol. The summed E-state index contributed by atoms with van der Waals surface area (Å²) in [5.74, 6) is 0.0537. The Morgan fingerprint density at radius 3 is 2.48 bits per heavy atom. The van der Waals surface area contributed by atoms with Crippen molar-refractivity contribution < 1.29 is 27.4 Å². The van der Waals surface area contributed by atoms with E-state index in [9.17, 15) is 18.0 Å². The summed E-state index contributed by atoms with van der Waals surface area (Å²) in [5.41, 5.74) is 2.35. The molecule has 2 aromatic rings. The third kappa shape index (κ3) is 6.21. The average Bonchev–Trinajstić information content (AvgIpc) is 2.60. The maximum Gasteiger partial charge on any atom is 0.417 e. The Morgan fingerprint density at radius 2 is 1.96 bits per heavy atom. The number of carbonyl (C=O) groups is 1. The molecule has 11 heteroatoms. The number of hydrogen-bond donors (Lipinski definition) is 1. The van der Waals surface area contributed by atoms with E-state index in [4.69, 9.17) is 4.74 Å². The van der Waals surface area contributed by atoms with E-state index >= 15 is 0 Å². The van der Waals surface area contributed by atoms with Gasteiger partial charge in [0.2, 0.25) is 0 Å². The van der Waals surface area contributed by atoms with Gasteiger partial charge in [-0.15, -0.1) is 0 Å². The molecule has 0 atom stereocenters. The molecule has 1 aromatic carbocycles. The summed E-state index contributed by atoms with van der Waals surface area (Å²) in [5, 5.41) is 3.93. The number of benzene rings is 1. The van der Waals surface area contributed by atoms with E-state index in [-0.39, 0.29) is 12.4 Å². The number of rotatable bonds is 6. The van der Waals surface area contributed by atoms with Gasteiger partial charge in [-0.2, -0.15) is 18.3 Å². The van der Waals surface area contributed by atoms with E-state index in [1.54, 1.807) is 12.1 Å². The predicted octanol–water partition coefficient (Wildman–Crippen LogP) is 4.62. The van der Waals surface area contributed by atoms with E-state index in [2.05, 4.69) is 52.1 Å². The van der Waals surface area contributed by atoms with Crippen LogP contribution < -0.4 is 10.2 Å². The molecule has 1 N–H and O–H groups in total. The van der Waals surface area contributed by atoms with Gasteiger partial charge >= 0.3 is 12.1 Å². The van der Waals surface area contributed by atoms with E-state index < -0.39 is 17.7 Å². The third-order valence-electron chi connectivity index (χ3n) is 3.07. The molecule has 0 spiro atoms. The first-order valence-electron chi connectivity index (χ1n) is 7.21. The number of nitrogens with zero attached hydrogens (tertiary/aromatic N) is 2. The maximum absolute atomic E-state index is 12.5. The quantitative estimate of drug-likeness (QED) is 0.348. The number of halogens is 5. The zero-order valence-electron chi connectivity index (χ0n) is 13.7. The molecule has 0 saturated heterocycles. The molecule has 0 aliphatic carbocycles. The number of hydrogen-bond acceptors (Lipinski definition) is 6. The molecule has 1 heterocycles. The minimum absolute atomic E-state index is 0.162. The first-order chi connectivity index (χ1) is 12.7. The fraction of sp³-hybridized carbons (Fsp3) is 0.188. The molecule has 0 saturated carbocycles. The van der Waals surface area contributed by atoms with Crippen LogP contribution in [0.1, 0.15) is 11.1 Å². The molecule has 0 aliphatic heterocycles. The second-order valence-electron chi connectivity index (χ2n) is 4.98. The van der Waals surface area contributed by atoms with Crippen LogP contribution in [0.4, 0.5) is 19.0 Å². The summed E-state index contributed by atoms with van der Waals surface area (Å²) in [6.45, 7) is -0.248. The van der Waals surface area contributed by atoms with E-state index in [1.165, 1.54) is 19.4 Å². The number of aromatic nitrogens is 1. The van der Waals surface area contributed by atoms with Crippen molar-refractivity contribution >= 4 is 49.9 Å². The standard InChI is InChI=1S/C16H12Br2F3N3O3/c1-26-14(25)8-27-15-11(17)4-9(5-12(15)18)6-23-24-13-3-2-10(7-22-13)16(19,20)21/h2-7H,8H2,1H3,(H,22,24)/b23-6-. The van der Waals surface area contributed by atoms with Crippen LogP contribution in [0.5, 0.6) is 5.75 Å². The second kappa shape index (κ2) is 9.18. The summed E-state index contributed by atoms with van der Waals surface area (Å²) < 4.78 is 48.4. The Balaban J connectivity index is 2.03. The number of alkyl halides is 3. The lowest BCUT2D eigenvalue weighted by molar-refractivity contribution is -0.143. The van der Waals surface area contributed by atoms with Crippen molar-refractivity contribution in [1.29, 1.82) is 0 Å². The molecule has 0 unspecified atom stereocenters. The van der Waals surface area contributed by atoms with Crippen molar-refractivity contribution in [3.05, 3.63) is 50.5 Å². The Kier molecular flexibility index (Phi) is 7.19. The molecule has 0 aliphatic rings. The molecule has 0 bridgehead atoms. The van der Waals surface area contributed by atoms with Gasteiger partial charge in [-0.05, 0) is 61.7 Å². The van der Waals surface area contributed by atoms with Gasteiger partial charge in [0.25, 0.3) is 0 Å². The Morgan fingerprint density at radius 1 is 1.30 bits per heavy atom. The highest BCUT2D eigenvalue weighted by atomic mass is 79.9. The molecule has 2 rings (SSSR count). The normalized spacial score (nSPS) is 11.5. The summed E-state index contributed by atoms with van der Waals surface area (Å²) in [6.07, 6.45) is -2.28. The minimum atomic E-state index is -4.44. The van der Waals surface area contributed by atoms with Gasteiger partial charge in [0.15, 0.2) is 6.61 Å². The Bertz CT molecular complexity index is 820. The van der Waals surface area contributed by atoms with Gasteiger partial charge in [0.05, 0.1) is 27.8 Å². The fourth-order valence-corrected chi connectivity index (χ4v) is 3.23. The lowest BCUT2D eigenvalue weighted by Gasteiger charge is -2.10. The van der Waals surface area contributed by atoms with Crippen molar-refractivity contribution in [1.82, 2.24) is 4.98 Å². The van der Waals surface area contributed by atoms with Crippen molar-refractivity contribution in [3.8, 4) is 5.75 Å². The van der Waals surface area contributed by atoms with Gasteiger partial charge in [-0.3, -0.25) is 5.43 Å². The second-order valence-corrected chi connectivity index (χ2v) is 6.69. The number of carbonyl (C=O) groups excluding carboxylic acids is 1. The number of anilines is 1. The molecule has 27 heavy (non-hydrogen) atoms. The lowest BCUT2D eigenvalue weighted by Crippen LogP contribution is -2.13. The third-order valence-corrected chi connectivity index (χ3v) is 4.24. The van der Waals surface area contributed by atoms with Crippen LogP contribution in [0.15, 0.2) is 44.5 Å². The number of esters is 1. The SMILES string of the molecule is COC(=O)COc1c(Br)cc(/C=N\Nc2ccc(C(F)(F)F)cn2)cc1Br. The molecule has 6 nitrogen and oxygen atoms in total. The average molecular weight is 511 g/mol. The van der Waals surface area contributed by atoms with Gasteiger partial charge < -0.3 is 9.47 Å². The van der Waals surface area contributed by atoms with E-state index in [0.29, 0.717) is 20.3 Å². The largest absolute Gasteiger partial charge is 0.480 e. The van der Waals surface area contributed by atoms with E-state index in [0.717, 1.165) is 12.3 Å². The summed E-state index contributed by atoms with van der Waals surface area (Å²) >= 11 is 6.65. The van der Waals surface area contributed by atoms with Crippen LogP contribution in [0.2, 0.25) is 0 Å². The van der Waals surface area contributed by atoms with Crippen LogP contribution >= 0.6 is 31.9 Å². The number of nitrogens with one attached hydrogen (secondary N) is 1. The number of methoxy groups -OCH3 is 1. The Hall–Kier alpha value is -2.14.